The third-order valence-corrected chi connectivity index (χ3v) is 5.68. The summed E-state index contributed by atoms with van der Waals surface area (Å²) >= 11 is 1.27. The maximum absolute atomic E-state index is 13.9. The first-order chi connectivity index (χ1) is 14.4. The highest BCUT2D eigenvalue weighted by Gasteiger charge is 2.47. The number of rotatable bonds is 4. The Morgan fingerprint density at radius 3 is 2.50 bits per heavy atom. The van der Waals surface area contributed by atoms with Gasteiger partial charge in [0.1, 0.15) is 29.2 Å². The molecule has 1 unspecified atom stereocenters. The number of aliphatic hydroxyl groups excluding tert-OH is 1. The Morgan fingerprint density at radius 1 is 1.07 bits per heavy atom. The predicted octanol–water partition coefficient (Wildman–Crippen LogP) is 4.66. The van der Waals surface area contributed by atoms with Crippen molar-refractivity contribution in [3.8, 4) is 5.75 Å². The largest absolute Gasteiger partial charge is 0.507 e. The van der Waals surface area contributed by atoms with E-state index >= 15 is 0 Å². The van der Waals surface area contributed by atoms with Crippen molar-refractivity contribution in [3.05, 3.63) is 87.6 Å². The molecular weight excluding hydrogens is 412 g/mol. The van der Waals surface area contributed by atoms with Crippen LogP contribution in [0.1, 0.15) is 16.5 Å². The van der Waals surface area contributed by atoms with E-state index in [1.807, 2.05) is 0 Å². The third kappa shape index (κ3) is 3.25. The SMILES string of the molecule is COc1ccc(F)cc1/C(O)=C1/C(=O)C(=O)N(c2cccc(F)c2)C1c1cccs1. The number of hydrogen-bond acceptors (Lipinski definition) is 5. The van der Waals surface area contributed by atoms with E-state index in [-0.39, 0.29) is 22.6 Å². The highest BCUT2D eigenvalue weighted by Crippen LogP contribution is 2.44. The number of ketones is 1. The first-order valence-electron chi connectivity index (χ1n) is 8.86. The van der Waals surface area contributed by atoms with Crippen molar-refractivity contribution in [2.45, 2.75) is 6.04 Å². The van der Waals surface area contributed by atoms with Crippen molar-refractivity contribution < 1.29 is 28.2 Å². The molecule has 30 heavy (non-hydrogen) atoms. The number of amides is 1. The molecule has 2 heterocycles. The molecule has 3 aromatic rings. The van der Waals surface area contributed by atoms with E-state index in [2.05, 4.69) is 0 Å². The number of carbonyl (C=O) groups excluding carboxylic acids is 2. The van der Waals surface area contributed by atoms with Gasteiger partial charge in [-0.05, 0) is 47.8 Å². The van der Waals surface area contributed by atoms with Gasteiger partial charge in [0.2, 0.25) is 0 Å². The Hall–Kier alpha value is -3.52. The number of hydrogen-bond donors (Lipinski definition) is 1. The van der Waals surface area contributed by atoms with Gasteiger partial charge in [0.15, 0.2) is 0 Å². The van der Waals surface area contributed by atoms with Gasteiger partial charge in [0.05, 0.1) is 18.2 Å². The van der Waals surface area contributed by atoms with E-state index in [4.69, 9.17) is 4.74 Å². The quantitative estimate of drug-likeness (QED) is 0.374. The van der Waals surface area contributed by atoms with Crippen molar-refractivity contribution in [2.24, 2.45) is 0 Å². The minimum absolute atomic E-state index is 0.0590. The average Bonchev–Trinajstić information content (AvgIpc) is 3.34. The lowest BCUT2D eigenvalue weighted by Gasteiger charge is -2.24. The van der Waals surface area contributed by atoms with Crippen LogP contribution in [0.2, 0.25) is 0 Å². The molecule has 1 amide bonds. The molecule has 1 aliphatic rings. The molecule has 0 radical (unpaired) electrons. The van der Waals surface area contributed by atoms with E-state index in [0.717, 1.165) is 23.1 Å². The van der Waals surface area contributed by atoms with Crippen LogP contribution in [0.25, 0.3) is 5.76 Å². The molecule has 0 aliphatic carbocycles. The number of methoxy groups -OCH3 is 1. The van der Waals surface area contributed by atoms with Crippen LogP contribution in [-0.2, 0) is 9.59 Å². The van der Waals surface area contributed by atoms with Gasteiger partial charge in [-0.25, -0.2) is 8.78 Å². The number of carbonyl (C=O) groups is 2. The van der Waals surface area contributed by atoms with Crippen LogP contribution < -0.4 is 9.64 Å². The molecule has 1 aromatic heterocycles. The zero-order valence-electron chi connectivity index (χ0n) is 15.6. The lowest BCUT2D eigenvalue weighted by Crippen LogP contribution is -2.29. The molecular formula is C22H15F2NO4S. The van der Waals surface area contributed by atoms with E-state index < -0.39 is 35.1 Å². The third-order valence-electron chi connectivity index (χ3n) is 4.76. The predicted molar refractivity (Wildman–Crippen MR) is 108 cm³/mol. The van der Waals surface area contributed by atoms with Gasteiger partial charge in [-0.1, -0.05) is 12.1 Å². The molecule has 0 saturated carbocycles. The van der Waals surface area contributed by atoms with Crippen molar-refractivity contribution in [2.75, 3.05) is 12.0 Å². The number of nitrogens with zero attached hydrogens (tertiary/aromatic N) is 1. The normalized spacial score (nSPS) is 18.1. The fraction of sp³-hybridized carbons (Fsp3) is 0.0909. The first-order valence-corrected chi connectivity index (χ1v) is 9.74. The Balaban J connectivity index is 1.97. The first kappa shape index (κ1) is 19.8. The van der Waals surface area contributed by atoms with Gasteiger partial charge in [-0.3, -0.25) is 14.5 Å². The molecule has 0 spiro atoms. The second kappa shape index (κ2) is 7.72. The van der Waals surface area contributed by atoms with Crippen LogP contribution in [0.15, 0.2) is 65.6 Å². The topological polar surface area (TPSA) is 66.8 Å². The summed E-state index contributed by atoms with van der Waals surface area (Å²) in [6.45, 7) is 0. The minimum Gasteiger partial charge on any atom is -0.507 e. The summed E-state index contributed by atoms with van der Waals surface area (Å²) in [4.78, 5) is 27.6. The Morgan fingerprint density at radius 2 is 1.83 bits per heavy atom. The summed E-state index contributed by atoms with van der Waals surface area (Å²) in [5, 5.41) is 12.8. The fourth-order valence-corrected chi connectivity index (χ4v) is 4.27. The highest BCUT2D eigenvalue weighted by molar-refractivity contribution is 7.10. The van der Waals surface area contributed by atoms with Crippen LogP contribution in [-0.4, -0.2) is 23.9 Å². The van der Waals surface area contributed by atoms with Crippen LogP contribution in [0, 0.1) is 11.6 Å². The maximum atomic E-state index is 13.9. The Labute approximate surface area is 174 Å². The van der Waals surface area contributed by atoms with Gasteiger partial charge in [-0.15, -0.1) is 11.3 Å². The molecule has 4 rings (SSSR count). The molecule has 2 aromatic carbocycles. The maximum Gasteiger partial charge on any atom is 0.300 e. The molecule has 1 fully saturated rings. The number of halogens is 2. The van der Waals surface area contributed by atoms with Crippen molar-refractivity contribution in [1.82, 2.24) is 0 Å². The minimum atomic E-state index is -1.00. The van der Waals surface area contributed by atoms with E-state index in [1.54, 1.807) is 17.5 Å². The number of anilines is 1. The molecule has 8 heteroatoms. The van der Waals surface area contributed by atoms with Gasteiger partial charge in [0.25, 0.3) is 11.7 Å². The van der Waals surface area contributed by atoms with Crippen LogP contribution in [0.4, 0.5) is 14.5 Å². The van der Waals surface area contributed by atoms with Crippen LogP contribution >= 0.6 is 11.3 Å². The number of ether oxygens (including phenoxy) is 1. The molecule has 1 N–H and O–H groups in total. The second-order valence-corrected chi connectivity index (χ2v) is 7.49. The summed E-state index contributed by atoms with van der Waals surface area (Å²) < 4.78 is 32.9. The van der Waals surface area contributed by atoms with Crippen LogP contribution in [0.5, 0.6) is 5.75 Å². The number of aliphatic hydroxyl groups is 1. The summed E-state index contributed by atoms with van der Waals surface area (Å²) in [6.07, 6.45) is 0. The lowest BCUT2D eigenvalue weighted by atomic mass is 9.99. The van der Waals surface area contributed by atoms with Crippen LogP contribution in [0.3, 0.4) is 0 Å². The van der Waals surface area contributed by atoms with Gasteiger partial charge in [-0.2, -0.15) is 0 Å². The molecule has 1 atom stereocenters. The number of thiophene rings is 1. The van der Waals surface area contributed by atoms with Crippen molar-refractivity contribution >= 4 is 34.5 Å². The number of benzene rings is 2. The monoisotopic (exact) mass is 427 g/mol. The Bertz CT molecular complexity index is 1170. The van der Waals surface area contributed by atoms with Gasteiger partial charge in [0, 0.05) is 10.6 Å². The fourth-order valence-electron chi connectivity index (χ4n) is 3.45. The van der Waals surface area contributed by atoms with E-state index in [0.29, 0.717) is 4.88 Å². The molecule has 0 bridgehead atoms. The highest BCUT2D eigenvalue weighted by atomic mass is 32.1. The van der Waals surface area contributed by atoms with Gasteiger partial charge < -0.3 is 9.84 Å². The van der Waals surface area contributed by atoms with Crippen molar-refractivity contribution in [3.63, 3.8) is 0 Å². The number of Topliss-reactive ketones (excluding diaryl/α,β-unsaturated/α-hetero) is 1. The second-order valence-electron chi connectivity index (χ2n) is 6.51. The smallest absolute Gasteiger partial charge is 0.300 e. The Kier molecular flexibility index (Phi) is 5.09. The molecule has 5 nitrogen and oxygen atoms in total. The molecule has 1 aliphatic heterocycles. The average molecular weight is 427 g/mol. The zero-order valence-corrected chi connectivity index (χ0v) is 16.5. The zero-order chi connectivity index (χ0) is 21.4. The molecule has 1 saturated heterocycles. The molecule has 152 valence electrons. The summed E-state index contributed by atoms with van der Waals surface area (Å²) in [7, 11) is 1.34. The van der Waals surface area contributed by atoms with Crippen molar-refractivity contribution in [1.29, 1.82) is 0 Å². The standard InChI is InChI=1S/C22H15F2NO4S/c1-29-16-8-7-13(24)11-15(16)20(26)18-19(17-6-3-9-30-17)25(22(28)21(18)27)14-5-2-4-12(23)10-14/h2-11,19,26H,1H3/b20-18-. The summed E-state index contributed by atoms with van der Waals surface area (Å²) in [5.41, 5.74) is -0.118. The lowest BCUT2D eigenvalue weighted by molar-refractivity contribution is -0.132. The van der Waals surface area contributed by atoms with E-state index in [9.17, 15) is 23.5 Å². The van der Waals surface area contributed by atoms with Gasteiger partial charge >= 0.3 is 0 Å². The summed E-state index contributed by atoms with van der Waals surface area (Å²) in [6, 6.07) is 11.2. The summed E-state index contributed by atoms with van der Waals surface area (Å²) in [5.74, 6) is -3.54. The van der Waals surface area contributed by atoms with E-state index in [1.165, 1.54) is 42.7 Å².